The van der Waals surface area contributed by atoms with Crippen LogP contribution in [0.1, 0.15) is 16.7 Å². The molecule has 1 aromatic rings. The highest BCUT2D eigenvalue weighted by Gasteiger charge is 1.91. The summed E-state index contributed by atoms with van der Waals surface area (Å²) in [5, 5.41) is 0. The molecule has 0 saturated carbocycles. The lowest BCUT2D eigenvalue weighted by atomic mass is 10.1. The van der Waals surface area contributed by atoms with Crippen molar-refractivity contribution in [3.05, 3.63) is 41.0 Å². The van der Waals surface area contributed by atoms with Crippen molar-refractivity contribution in [1.29, 1.82) is 0 Å². The fraction of sp³-hybridized carbons (Fsp3) is 0.182. The van der Waals surface area contributed by atoms with Gasteiger partial charge in [0, 0.05) is 0 Å². The summed E-state index contributed by atoms with van der Waals surface area (Å²) in [5.74, 6) is 0. The first-order valence-electron chi connectivity index (χ1n) is 3.85. The Hall–Kier alpha value is -1.37. The van der Waals surface area contributed by atoms with Crippen LogP contribution < -0.4 is 0 Å². The average Bonchev–Trinajstić information content (AvgIpc) is 2.07. The predicted octanol–water partition coefficient (Wildman–Crippen LogP) is 2.43. The number of aryl methyl sites for hydroxylation is 2. The van der Waals surface area contributed by atoms with E-state index in [1.165, 1.54) is 17.2 Å². The van der Waals surface area contributed by atoms with Gasteiger partial charge in [-0.05, 0) is 36.6 Å². The molecular weight excluding hydrogens is 148 g/mol. The Morgan fingerprint density at radius 2 is 2.00 bits per heavy atom. The van der Waals surface area contributed by atoms with Crippen LogP contribution in [0.2, 0.25) is 0 Å². The van der Waals surface area contributed by atoms with Crippen LogP contribution >= 0.6 is 0 Å². The molecule has 1 nitrogen and oxygen atoms in total. The molecule has 61 valence electrons. The Morgan fingerprint density at radius 1 is 1.25 bits per heavy atom. The van der Waals surface area contributed by atoms with Gasteiger partial charge >= 0.3 is 0 Å². The molecule has 0 spiro atoms. The molecule has 1 radical (unpaired) electrons. The lowest BCUT2D eigenvalue weighted by Gasteiger charge is -1.99. The highest BCUT2D eigenvalue weighted by Crippen LogP contribution is 2.10. The number of hydrogen-bond donors (Lipinski definition) is 0. The summed E-state index contributed by atoms with van der Waals surface area (Å²) < 4.78 is 0. The minimum atomic E-state index is 1.04. The number of allylic oxidation sites excluding steroid dienone is 1. The summed E-state index contributed by atoms with van der Waals surface area (Å²) in [5.41, 5.74) is 3.55. The molecule has 0 aliphatic heterocycles. The van der Waals surface area contributed by atoms with Gasteiger partial charge < -0.3 is 0 Å². The molecule has 0 heterocycles. The first kappa shape index (κ1) is 8.72. The van der Waals surface area contributed by atoms with Crippen molar-refractivity contribution >= 4 is 12.4 Å². The summed E-state index contributed by atoms with van der Waals surface area (Å²) >= 11 is 0. The third-order valence-corrected chi connectivity index (χ3v) is 1.87. The fourth-order valence-corrected chi connectivity index (χ4v) is 0.999. The molecule has 0 aromatic heterocycles. The van der Waals surface area contributed by atoms with Gasteiger partial charge in [0.05, 0.1) is 0 Å². The minimum Gasteiger partial charge on any atom is -0.286 e. The number of hydrogen-bond acceptors (Lipinski definition) is 1. The van der Waals surface area contributed by atoms with Crippen LogP contribution in [0.3, 0.4) is 0 Å². The third kappa shape index (κ3) is 2.06. The van der Waals surface area contributed by atoms with Gasteiger partial charge in [-0.25, -0.2) is 0 Å². The number of benzene rings is 1. The van der Waals surface area contributed by atoms with Crippen LogP contribution in [0.5, 0.6) is 0 Å². The zero-order valence-electron chi connectivity index (χ0n) is 7.29. The lowest BCUT2D eigenvalue weighted by molar-refractivity contribution is 0.564. The van der Waals surface area contributed by atoms with Crippen molar-refractivity contribution in [3.8, 4) is 0 Å². The maximum Gasteiger partial charge on any atom is 0.225 e. The molecule has 0 N–H and O–H groups in total. The van der Waals surface area contributed by atoms with Crippen molar-refractivity contribution < 1.29 is 4.79 Å². The predicted molar refractivity (Wildman–Crippen MR) is 50.6 cm³/mol. The zero-order chi connectivity index (χ0) is 8.97. The number of carbonyl (C=O) groups excluding carboxylic acids is 1. The van der Waals surface area contributed by atoms with E-state index in [2.05, 4.69) is 13.8 Å². The lowest BCUT2D eigenvalue weighted by Crippen LogP contribution is -1.81. The molecule has 0 amide bonds. The average molecular weight is 159 g/mol. The van der Waals surface area contributed by atoms with E-state index in [9.17, 15) is 4.79 Å². The highest BCUT2D eigenvalue weighted by atomic mass is 16.1. The van der Waals surface area contributed by atoms with Crippen molar-refractivity contribution in [2.45, 2.75) is 13.8 Å². The molecule has 0 aliphatic rings. The molecule has 0 unspecified atom stereocenters. The Labute approximate surface area is 72.7 Å². The largest absolute Gasteiger partial charge is 0.286 e. The normalized spacial score (nSPS) is 10.5. The first-order valence-corrected chi connectivity index (χ1v) is 3.85. The van der Waals surface area contributed by atoms with Crippen LogP contribution in [0.4, 0.5) is 0 Å². The van der Waals surface area contributed by atoms with Crippen LogP contribution in [-0.4, -0.2) is 6.29 Å². The van der Waals surface area contributed by atoms with Crippen molar-refractivity contribution in [2.75, 3.05) is 0 Å². The van der Waals surface area contributed by atoms with Crippen molar-refractivity contribution in [3.63, 3.8) is 0 Å². The molecule has 1 aromatic carbocycles. The quantitative estimate of drug-likeness (QED) is 0.606. The molecule has 1 rings (SSSR count). The molecule has 0 aliphatic carbocycles. The van der Waals surface area contributed by atoms with E-state index < -0.39 is 0 Å². The summed E-state index contributed by atoms with van der Waals surface area (Å²) in [6, 6.07) is 6.07. The second kappa shape index (κ2) is 3.86. The van der Waals surface area contributed by atoms with E-state index in [1.54, 1.807) is 12.4 Å². The van der Waals surface area contributed by atoms with E-state index in [4.69, 9.17) is 0 Å². The highest BCUT2D eigenvalue weighted by molar-refractivity contribution is 5.74. The summed E-state index contributed by atoms with van der Waals surface area (Å²) in [6.07, 6.45) is 4.85. The smallest absolute Gasteiger partial charge is 0.225 e. The molecule has 0 saturated heterocycles. The van der Waals surface area contributed by atoms with E-state index in [0.29, 0.717) is 0 Å². The van der Waals surface area contributed by atoms with Gasteiger partial charge in [-0.1, -0.05) is 24.3 Å². The van der Waals surface area contributed by atoms with Gasteiger partial charge in [-0.15, -0.1) is 0 Å². The van der Waals surface area contributed by atoms with Crippen molar-refractivity contribution in [1.82, 2.24) is 0 Å². The monoisotopic (exact) mass is 159 g/mol. The Bertz CT molecular complexity index is 311. The molecule has 0 bridgehead atoms. The van der Waals surface area contributed by atoms with Gasteiger partial charge in [0.25, 0.3) is 0 Å². The van der Waals surface area contributed by atoms with Crippen LogP contribution in [0, 0.1) is 13.8 Å². The first-order chi connectivity index (χ1) is 5.74. The molecular formula is C11H11O. The third-order valence-electron chi connectivity index (χ3n) is 1.87. The van der Waals surface area contributed by atoms with Crippen LogP contribution in [0.25, 0.3) is 6.08 Å². The van der Waals surface area contributed by atoms with Crippen LogP contribution in [-0.2, 0) is 4.79 Å². The van der Waals surface area contributed by atoms with Gasteiger partial charge in [-0.3, -0.25) is 4.79 Å². The van der Waals surface area contributed by atoms with Gasteiger partial charge in [0.1, 0.15) is 0 Å². The van der Waals surface area contributed by atoms with Crippen molar-refractivity contribution in [2.24, 2.45) is 0 Å². The standard InChI is InChI=1S/C11H11O/c1-9-5-6-11(4-3-7-12)8-10(9)2/h3-6,8H,1-2H3. The molecule has 12 heavy (non-hydrogen) atoms. The SMILES string of the molecule is Cc1ccc(C=C[C]=O)cc1C. The minimum absolute atomic E-state index is 1.04. The maximum absolute atomic E-state index is 9.92. The topological polar surface area (TPSA) is 17.1 Å². The Balaban J connectivity index is 2.96. The second-order valence-corrected chi connectivity index (χ2v) is 2.79. The van der Waals surface area contributed by atoms with Gasteiger partial charge in [0.15, 0.2) is 0 Å². The van der Waals surface area contributed by atoms with E-state index in [-0.39, 0.29) is 0 Å². The summed E-state index contributed by atoms with van der Waals surface area (Å²) in [7, 11) is 0. The fourth-order valence-electron chi connectivity index (χ4n) is 0.999. The summed E-state index contributed by atoms with van der Waals surface area (Å²) in [6.45, 7) is 4.12. The Kier molecular flexibility index (Phi) is 2.81. The van der Waals surface area contributed by atoms with E-state index in [1.807, 2.05) is 18.2 Å². The van der Waals surface area contributed by atoms with Gasteiger partial charge in [0.2, 0.25) is 6.29 Å². The van der Waals surface area contributed by atoms with E-state index >= 15 is 0 Å². The summed E-state index contributed by atoms with van der Waals surface area (Å²) in [4.78, 5) is 9.92. The van der Waals surface area contributed by atoms with E-state index in [0.717, 1.165) is 5.56 Å². The van der Waals surface area contributed by atoms with Crippen LogP contribution in [0.15, 0.2) is 24.3 Å². The maximum atomic E-state index is 9.92. The zero-order valence-corrected chi connectivity index (χ0v) is 7.29. The molecule has 0 fully saturated rings. The molecule has 1 heteroatoms. The van der Waals surface area contributed by atoms with Gasteiger partial charge in [-0.2, -0.15) is 0 Å². The molecule has 0 atom stereocenters. The Morgan fingerprint density at radius 3 is 2.58 bits per heavy atom. The second-order valence-electron chi connectivity index (χ2n) is 2.79. The number of rotatable bonds is 2.